The van der Waals surface area contributed by atoms with Crippen molar-refractivity contribution in [3.8, 4) is 5.75 Å². The lowest BCUT2D eigenvalue weighted by atomic mass is 9.76. The summed E-state index contributed by atoms with van der Waals surface area (Å²) in [6, 6.07) is 13.7. The molecule has 0 saturated heterocycles. The van der Waals surface area contributed by atoms with Crippen molar-refractivity contribution in [3.05, 3.63) is 64.6 Å². The monoisotopic (exact) mass is 306 g/mol. The van der Waals surface area contributed by atoms with Crippen molar-refractivity contribution in [3.63, 3.8) is 0 Å². The number of para-hydroxylation sites is 1. The van der Waals surface area contributed by atoms with Gasteiger partial charge in [0.1, 0.15) is 11.4 Å². The third kappa shape index (κ3) is 1.66. The number of rotatable bonds is 1. The Bertz CT molecular complexity index is 841. The number of fused-ring (bicyclic) bond motifs is 2. The summed E-state index contributed by atoms with van der Waals surface area (Å²) in [4.78, 5) is 12.9. The SMILES string of the molecule is CN1c2ccccc2C(C)(C)C12C=Cc1cc(N=O)ccc1O2. The van der Waals surface area contributed by atoms with Crippen LogP contribution < -0.4 is 9.64 Å². The number of hydrogen-bond donors (Lipinski definition) is 0. The van der Waals surface area contributed by atoms with E-state index in [1.165, 1.54) is 11.3 Å². The highest BCUT2D eigenvalue weighted by atomic mass is 16.5. The van der Waals surface area contributed by atoms with E-state index in [1.807, 2.05) is 18.2 Å². The van der Waals surface area contributed by atoms with E-state index in [-0.39, 0.29) is 5.41 Å². The van der Waals surface area contributed by atoms with Crippen molar-refractivity contribution >= 4 is 17.5 Å². The largest absolute Gasteiger partial charge is 0.463 e. The molecule has 0 bridgehead atoms. The van der Waals surface area contributed by atoms with Crippen LogP contribution in [0.15, 0.2) is 53.7 Å². The minimum absolute atomic E-state index is 0.214. The molecule has 1 unspecified atom stereocenters. The number of nitrogens with zero attached hydrogens (tertiary/aromatic N) is 2. The lowest BCUT2D eigenvalue weighted by Crippen LogP contribution is -2.58. The van der Waals surface area contributed by atoms with Crippen LogP contribution in [0.2, 0.25) is 0 Å². The molecule has 4 heteroatoms. The number of likely N-dealkylation sites (N-methyl/N-ethyl adjacent to an activating group) is 1. The predicted molar refractivity (Wildman–Crippen MR) is 92.2 cm³/mol. The van der Waals surface area contributed by atoms with Gasteiger partial charge in [-0.15, -0.1) is 4.91 Å². The van der Waals surface area contributed by atoms with E-state index in [0.717, 1.165) is 11.3 Å². The standard InChI is InChI=1S/C19H18N2O2/c1-18(2)15-6-4-5-7-16(15)21(3)19(18)11-10-13-12-14(20-22)8-9-17(13)23-19/h4-12H,1-3H3. The highest BCUT2D eigenvalue weighted by molar-refractivity contribution is 5.73. The van der Waals surface area contributed by atoms with E-state index in [9.17, 15) is 4.91 Å². The molecule has 0 amide bonds. The maximum absolute atomic E-state index is 10.7. The van der Waals surface area contributed by atoms with E-state index < -0.39 is 5.72 Å². The van der Waals surface area contributed by atoms with Crippen molar-refractivity contribution in [2.24, 2.45) is 5.18 Å². The highest BCUT2D eigenvalue weighted by Gasteiger charge is 2.57. The molecule has 0 aromatic heterocycles. The van der Waals surface area contributed by atoms with Crippen LogP contribution in [-0.4, -0.2) is 12.8 Å². The van der Waals surface area contributed by atoms with E-state index in [2.05, 4.69) is 55.2 Å². The van der Waals surface area contributed by atoms with Gasteiger partial charge in [-0.3, -0.25) is 0 Å². The smallest absolute Gasteiger partial charge is 0.211 e. The van der Waals surface area contributed by atoms with Gasteiger partial charge in [-0.1, -0.05) is 18.2 Å². The molecule has 4 rings (SSSR count). The van der Waals surface area contributed by atoms with Gasteiger partial charge in [0, 0.05) is 18.3 Å². The number of anilines is 1. The zero-order valence-corrected chi connectivity index (χ0v) is 13.4. The van der Waals surface area contributed by atoms with Crippen molar-refractivity contribution in [2.75, 3.05) is 11.9 Å². The number of hydrogen-bond acceptors (Lipinski definition) is 4. The molecular formula is C19H18N2O2. The molecule has 1 spiro atoms. The van der Waals surface area contributed by atoms with Crippen molar-refractivity contribution in [1.82, 2.24) is 0 Å². The second-order valence-corrected chi connectivity index (χ2v) is 6.65. The lowest BCUT2D eigenvalue weighted by Gasteiger charge is -2.45. The van der Waals surface area contributed by atoms with Gasteiger partial charge < -0.3 is 9.64 Å². The summed E-state index contributed by atoms with van der Waals surface area (Å²) < 4.78 is 6.49. The minimum atomic E-state index is -0.584. The van der Waals surface area contributed by atoms with Crippen LogP contribution in [-0.2, 0) is 5.41 Å². The highest BCUT2D eigenvalue weighted by Crippen LogP contribution is 2.54. The van der Waals surface area contributed by atoms with Crippen LogP contribution in [0.5, 0.6) is 5.75 Å². The van der Waals surface area contributed by atoms with Gasteiger partial charge in [0.25, 0.3) is 0 Å². The van der Waals surface area contributed by atoms with Crippen LogP contribution in [0.25, 0.3) is 6.08 Å². The Morgan fingerprint density at radius 2 is 1.91 bits per heavy atom. The molecule has 2 aromatic carbocycles. The number of nitroso groups, excluding NO2 is 1. The van der Waals surface area contributed by atoms with Crippen molar-refractivity contribution in [2.45, 2.75) is 25.0 Å². The molecule has 0 fully saturated rings. The first-order valence-electron chi connectivity index (χ1n) is 7.68. The van der Waals surface area contributed by atoms with E-state index in [0.29, 0.717) is 5.69 Å². The van der Waals surface area contributed by atoms with Gasteiger partial charge in [-0.2, -0.15) is 0 Å². The summed E-state index contributed by atoms with van der Waals surface area (Å²) in [5.41, 5.74) is 2.94. The van der Waals surface area contributed by atoms with Crippen LogP contribution in [0.1, 0.15) is 25.0 Å². The molecule has 0 aliphatic carbocycles. The number of benzene rings is 2. The Morgan fingerprint density at radius 1 is 1.13 bits per heavy atom. The van der Waals surface area contributed by atoms with Gasteiger partial charge in [0.2, 0.25) is 5.72 Å². The first-order valence-corrected chi connectivity index (χ1v) is 7.68. The first kappa shape index (κ1) is 14.0. The summed E-state index contributed by atoms with van der Waals surface area (Å²) >= 11 is 0. The summed E-state index contributed by atoms with van der Waals surface area (Å²) in [5.74, 6) is 0.771. The molecule has 2 aromatic rings. The molecule has 2 aliphatic rings. The van der Waals surface area contributed by atoms with Gasteiger partial charge in [-0.05, 0) is 61.0 Å². The molecule has 2 heterocycles. The second kappa shape index (κ2) is 4.44. The molecule has 116 valence electrons. The lowest BCUT2D eigenvalue weighted by molar-refractivity contribution is 0.0582. The molecule has 0 radical (unpaired) electrons. The molecule has 0 saturated carbocycles. The zero-order valence-electron chi connectivity index (χ0n) is 13.4. The van der Waals surface area contributed by atoms with E-state index in [1.54, 1.807) is 12.1 Å². The van der Waals surface area contributed by atoms with Gasteiger partial charge in [0.05, 0.1) is 5.41 Å². The predicted octanol–water partition coefficient (Wildman–Crippen LogP) is 4.61. The topological polar surface area (TPSA) is 41.9 Å². The Labute approximate surface area is 135 Å². The van der Waals surface area contributed by atoms with E-state index in [4.69, 9.17) is 4.74 Å². The maximum atomic E-state index is 10.7. The fraction of sp³-hybridized carbons (Fsp3) is 0.263. The van der Waals surface area contributed by atoms with Crippen LogP contribution in [0.4, 0.5) is 11.4 Å². The Balaban J connectivity index is 1.87. The molecule has 4 nitrogen and oxygen atoms in total. The fourth-order valence-corrected chi connectivity index (χ4v) is 3.82. The molecular weight excluding hydrogens is 288 g/mol. The van der Waals surface area contributed by atoms with Gasteiger partial charge in [0.15, 0.2) is 0 Å². The van der Waals surface area contributed by atoms with Crippen molar-refractivity contribution in [1.29, 1.82) is 0 Å². The maximum Gasteiger partial charge on any atom is 0.211 e. The Hall–Kier alpha value is -2.62. The molecule has 0 N–H and O–H groups in total. The molecule has 2 aliphatic heterocycles. The quantitative estimate of drug-likeness (QED) is 0.722. The van der Waals surface area contributed by atoms with Crippen LogP contribution >= 0.6 is 0 Å². The van der Waals surface area contributed by atoms with Gasteiger partial charge in [-0.25, -0.2) is 0 Å². The third-order valence-electron chi connectivity index (χ3n) is 5.19. The Morgan fingerprint density at radius 3 is 2.65 bits per heavy atom. The molecule has 1 atom stereocenters. The number of ether oxygens (including phenoxy) is 1. The summed E-state index contributed by atoms with van der Waals surface area (Å²) in [6.07, 6.45) is 4.11. The Kier molecular flexibility index (Phi) is 2.71. The summed E-state index contributed by atoms with van der Waals surface area (Å²) in [5, 5.41) is 2.99. The van der Waals surface area contributed by atoms with Gasteiger partial charge >= 0.3 is 0 Å². The normalized spacial score (nSPS) is 23.3. The minimum Gasteiger partial charge on any atom is -0.463 e. The first-order chi connectivity index (χ1) is 11.0. The van der Waals surface area contributed by atoms with Crippen molar-refractivity contribution < 1.29 is 4.74 Å². The average Bonchev–Trinajstić information content (AvgIpc) is 2.74. The fourth-order valence-electron chi connectivity index (χ4n) is 3.82. The average molecular weight is 306 g/mol. The summed E-state index contributed by atoms with van der Waals surface area (Å²) in [7, 11) is 2.06. The summed E-state index contributed by atoms with van der Waals surface area (Å²) in [6.45, 7) is 4.40. The molecule has 23 heavy (non-hydrogen) atoms. The second-order valence-electron chi connectivity index (χ2n) is 6.65. The zero-order chi connectivity index (χ0) is 16.2. The third-order valence-corrected chi connectivity index (χ3v) is 5.19. The van der Waals surface area contributed by atoms with Crippen LogP contribution in [0, 0.1) is 4.91 Å². The van der Waals surface area contributed by atoms with E-state index >= 15 is 0 Å². The van der Waals surface area contributed by atoms with Crippen LogP contribution in [0.3, 0.4) is 0 Å².